The monoisotopic (exact) mass is 476 g/mol. The zero-order chi connectivity index (χ0) is 24.8. The molecular formula is C26H28N4O5. The highest BCUT2D eigenvalue weighted by Crippen LogP contribution is 2.40. The highest BCUT2D eigenvalue weighted by Gasteiger charge is 2.27. The van der Waals surface area contributed by atoms with Crippen LogP contribution in [0.1, 0.15) is 24.8 Å². The highest BCUT2D eigenvalue weighted by molar-refractivity contribution is 6.27. The molecular weight excluding hydrogens is 448 g/mol. The van der Waals surface area contributed by atoms with E-state index in [9.17, 15) is 4.79 Å². The first-order chi connectivity index (χ1) is 16.9. The molecule has 3 aromatic rings. The molecule has 0 radical (unpaired) electrons. The first-order valence-corrected chi connectivity index (χ1v) is 11.7. The van der Waals surface area contributed by atoms with Crippen LogP contribution >= 0.6 is 0 Å². The van der Waals surface area contributed by atoms with Crippen molar-refractivity contribution in [2.24, 2.45) is 0 Å². The van der Waals surface area contributed by atoms with Crippen LogP contribution in [0.5, 0.6) is 0 Å². The third-order valence-corrected chi connectivity index (χ3v) is 6.14. The van der Waals surface area contributed by atoms with Gasteiger partial charge < -0.3 is 20.4 Å². The van der Waals surface area contributed by atoms with Crippen molar-refractivity contribution in [3.05, 3.63) is 60.2 Å². The average Bonchev–Trinajstić information content (AvgIpc) is 3.29. The number of anilines is 3. The van der Waals surface area contributed by atoms with Gasteiger partial charge in [0.05, 0.1) is 17.7 Å². The molecule has 5 rings (SSSR count). The summed E-state index contributed by atoms with van der Waals surface area (Å²) >= 11 is 0. The summed E-state index contributed by atoms with van der Waals surface area (Å²) in [5, 5.41) is 19.1. The second-order valence-corrected chi connectivity index (χ2v) is 8.54. The van der Waals surface area contributed by atoms with Crippen LogP contribution in [0.2, 0.25) is 0 Å². The van der Waals surface area contributed by atoms with E-state index in [0.29, 0.717) is 6.54 Å². The summed E-state index contributed by atoms with van der Waals surface area (Å²) in [4.78, 5) is 40.6. The molecule has 1 saturated heterocycles. The smallest absolute Gasteiger partial charge is 0.414 e. The lowest BCUT2D eigenvalue weighted by atomic mass is 10.1. The number of rotatable bonds is 4. The molecule has 182 valence electrons. The molecule has 1 fully saturated rings. The molecule has 9 heteroatoms. The Morgan fingerprint density at radius 3 is 2.20 bits per heavy atom. The third kappa shape index (κ3) is 5.75. The van der Waals surface area contributed by atoms with E-state index in [0.717, 1.165) is 59.7 Å². The fourth-order valence-electron chi connectivity index (χ4n) is 4.53. The Morgan fingerprint density at radius 1 is 0.857 bits per heavy atom. The van der Waals surface area contributed by atoms with E-state index in [4.69, 9.17) is 24.8 Å². The van der Waals surface area contributed by atoms with E-state index in [2.05, 4.69) is 45.4 Å². The number of carbonyl (C=O) groups excluding carboxylic acids is 1. The van der Waals surface area contributed by atoms with Gasteiger partial charge in [0.2, 0.25) is 5.91 Å². The number of aliphatic carboxylic acids is 2. The van der Waals surface area contributed by atoms with Crippen molar-refractivity contribution in [1.82, 2.24) is 9.88 Å². The van der Waals surface area contributed by atoms with Gasteiger partial charge in [-0.25, -0.2) is 14.6 Å². The van der Waals surface area contributed by atoms with Crippen LogP contribution in [-0.4, -0.2) is 64.1 Å². The van der Waals surface area contributed by atoms with Gasteiger partial charge in [0.1, 0.15) is 5.82 Å². The van der Waals surface area contributed by atoms with Gasteiger partial charge in [0.15, 0.2) is 0 Å². The fraction of sp³-hybridized carbons (Fsp3) is 0.308. The lowest BCUT2D eigenvalue weighted by Crippen LogP contribution is -2.37. The predicted octanol–water partition coefficient (Wildman–Crippen LogP) is 3.51. The molecule has 2 aliphatic rings. The average molecular weight is 477 g/mol. The number of nitrogens with one attached hydrogen (secondary N) is 1. The van der Waals surface area contributed by atoms with Gasteiger partial charge in [0.25, 0.3) is 0 Å². The van der Waals surface area contributed by atoms with Gasteiger partial charge in [-0.15, -0.1) is 0 Å². The van der Waals surface area contributed by atoms with Crippen LogP contribution in [0.25, 0.3) is 10.9 Å². The van der Waals surface area contributed by atoms with Crippen molar-refractivity contribution in [1.29, 1.82) is 0 Å². The van der Waals surface area contributed by atoms with Gasteiger partial charge in [-0.1, -0.05) is 42.8 Å². The Bertz CT molecular complexity index is 1210. The molecule has 1 aromatic heterocycles. The summed E-state index contributed by atoms with van der Waals surface area (Å²) in [6, 6.07) is 18.5. The molecule has 0 spiro atoms. The van der Waals surface area contributed by atoms with Crippen molar-refractivity contribution >= 4 is 45.9 Å². The maximum Gasteiger partial charge on any atom is 0.414 e. The number of hydrogen-bond donors (Lipinski definition) is 3. The van der Waals surface area contributed by atoms with E-state index < -0.39 is 11.9 Å². The third-order valence-electron chi connectivity index (χ3n) is 6.14. The Morgan fingerprint density at radius 2 is 1.51 bits per heavy atom. The van der Waals surface area contributed by atoms with Crippen molar-refractivity contribution in [3.63, 3.8) is 0 Å². The Kier molecular flexibility index (Phi) is 7.57. The summed E-state index contributed by atoms with van der Waals surface area (Å²) in [5.41, 5.74) is 4.13. The number of pyridine rings is 1. The number of para-hydroxylation sites is 2. The normalized spacial score (nSPS) is 15.1. The van der Waals surface area contributed by atoms with E-state index >= 15 is 0 Å². The van der Waals surface area contributed by atoms with Crippen molar-refractivity contribution in [2.45, 2.75) is 25.7 Å². The minimum Gasteiger partial charge on any atom is -0.473 e. The second-order valence-electron chi connectivity index (χ2n) is 8.54. The van der Waals surface area contributed by atoms with Crippen molar-refractivity contribution in [2.75, 3.05) is 36.4 Å². The van der Waals surface area contributed by atoms with E-state index in [1.54, 1.807) is 0 Å². The van der Waals surface area contributed by atoms with Crippen LogP contribution in [0, 0.1) is 0 Å². The first kappa shape index (κ1) is 24.2. The molecule has 0 aliphatic carbocycles. The zero-order valence-corrected chi connectivity index (χ0v) is 19.3. The molecule has 0 unspecified atom stereocenters. The van der Waals surface area contributed by atoms with Crippen molar-refractivity contribution in [3.8, 4) is 0 Å². The molecule has 2 aliphatic heterocycles. The first-order valence-electron chi connectivity index (χ1n) is 11.7. The lowest BCUT2D eigenvalue weighted by molar-refractivity contribution is -0.159. The van der Waals surface area contributed by atoms with E-state index in [1.807, 2.05) is 24.3 Å². The van der Waals surface area contributed by atoms with Gasteiger partial charge in [-0.05, 0) is 50.6 Å². The van der Waals surface area contributed by atoms with Gasteiger partial charge in [-0.3, -0.25) is 9.69 Å². The highest BCUT2D eigenvalue weighted by atomic mass is 16.4. The summed E-state index contributed by atoms with van der Waals surface area (Å²) in [5.74, 6) is -2.61. The number of nitrogens with zero attached hydrogens (tertiary/aromatic N) is 3. The van der Waals surface area contributed by atoms with Gasteiger partial charge >= 0.3 is 11.9 Å². The maximum atomic E-state index is 12.9. The molecule has 3 N–H and O–H groups in total. The quantitative estimate of drug-likeness (QED) is 0.489. The second kappa shape index (κ2) is 11.0. The van der Waals surface area contributed by atoms with E-state index in [-0.39, 0.29) is 5.91 Å². The molecule has 0 atom stereocenters. The van der Waals surface area contributed by atoms with Gasteiger partial charge in [-0.2, -0.15) is 0 Å². The number of amides is 1. The molecule has 9 nitrogen and oxygen atoms in total. The minimum absolute atomic E-state index is 0.0728. The number of fused-ring (bicyclic) bond motifs is 2. The number of carboxylic acid groups (broad SMARTS) is 2. The Balaban J connectivity index is 0.000000431. The number of hydrogen-bond acceptors (Lipinski definition) is 6. The summed E-state index contributed by atoms with van der Waals surface area (Å²) in [7, 11) is 0. The molecule has 35 heavy (non-hydrogen) atoms. The van der Waals surface area contributed by atoms with E-state index in [1.165, 1.54) is 19.3 Å². The Hall–Kier alpha value is -3.98. The summed E-state index contributed by atoms with van der Waals surface area (Å²) in [6.45, 7) is 3.38. The van der Waals surface area contributed by atoms with Crippen LogP contribution in [0.3, 0.4) is 0 Å². The van der Waals surface area contributed by atoms with Crippen LogP contribution < -0.4 is 10.2 Å². The molecule has 1 amide bonds. The number of aromatic nitrogens is 1. The van der Waals surface area contributed by atoms with Gasteiger partial charge in [0, 0.05) is 23.2 Å². The SMILES string of the molecule is O=C(CN1CCCCC1)Nc1c2c(nc3ccccc13)N(c1ccccc1)CC2.O=C(O)C(=O)O. The minimum atomic E-state index is -1.82. The Labute approximate surface area is 203 Å². The number of carboxylic acids is 2. The largest absolute Gasteiger partial charge is 0.473 e. The van der Waals surface area contributed by atoms with Crippen LogP contribution in [-0.2, 0) is 20.8 Å². The molecule has 2 aromatic carbocycles. The lowest BCUT2D eigenvalue weighted by Gasteiger charge is -2.26. The summed E-state index contributed by atoms with van der Waals surface area (Å²) < 4.78 is 0. The molecule has 0 saturated carbocycles. The number of benzene rings is 2. The van der Waals surface area contributed by atoms with Crippen LogP contribution in [0.15, 0.2) is 54.6 Å². The molecule has 0 bridgehead atoms. The zero-order valence-electron chi connectivity index (χ0n) is 19.3. The predicted molar refractivity (Wildman–Crippen MR) is 133 cm³/mol. The summed E-state index contributed by atoms with van der Waals surface area (Å²) in [6.07, 6.45) is 4.52. The number of likely N-dealkylation sites (tertiary alicyclic amines) is 1. The number of piperidine rings is 1. The standard InChI is InChI=1S/C24H26N4O.C2H2O4/c29-22(17-27-14-7-2-8-15-27)26-23-19-11-5-6-12-21(19)25-24-20(23)13-16-28(24)18-9-3-1-4-10-18;3-1(4)2(5)6/h1,3-6,9-12H,2,7-8,13-17H2,(H,25,26,29);(H,3,4)(H,5,6). The van der Waals surface area contributed by atoms with Crippen molar-refractivity contribution < 1.29 is 24.6 Å². The maximum absolute atomic E-state index is 12.9. The number of carbonyl (C=O) groups is 3. The molecule has 3 heterocycles. The van der Waals surface area contributed by atoms with Crippen LogP contribution in [0.4, 0.5) is 17.2 Å². The fourth-order valence-corrected chi connectivity index (χ4v) is 4.53. The topological polar surface area (TPSA) is 123 Å².